The van der Waals surface area contributed by atoms with Crippen molar-refractivity contribution in [2.75, 3.05) is 0 Å². The standard InChI is InChI=1S/C23H16F4N6O4S/c1-12-7-20-16(8-18(12)24)17(9-28)22(32(20)21-6-3-14(10-30-21)33(34)35)19-5-4-15(11-29-19)38(36,37)31-13(2)23(25,26)27/h3-8,10-11,13,31H,1-2H3. The number of benzene rings is 1. The zero-order valence-electron chi connectivity index (χ0n) is 19.5. The van der Waals surface area contributed by atoms with Crippen LogP contribution in [0, 0.1) is 34.2 Å². The minimum atomic E-state index is -4.81. The van der Waals surface area contributed by atoms with Gasteiger partial charge in [-0.2, -0.15) is 23.2 Å². The van der Waals surface area contributed by atoms with E-state index in [0.717, 1.165) is 24.5 Å². The molecule has 0 saturated heterocycles. The number of nitrogens with one attached hydrogen (secondary N) is 1. The molecule has 0 aliphatic heterocycles. The van der Waals surface area contributed by atoms with Crippen molar-refractivity contribution in [3.8, 4) is 23.3 Å². The summed E-state index contributed by atoms with van der Waals surface area (Å²) in [6.07, 6.45) is -3.00. The summed E-state index contributed by atoms with van der Waals surface area (Å²) < 4.78 is 80.8. The van der Waals surface area contributed by atoms with Crippen LogP contribution in [0.2, 0.25) is 0 Å². The van der Waals surface area contributed by atoms with Gasteiger partial charge in [-0.05, 0) is 49.7 Å². The molecule has 4 rings (SSSR count). The molecule has 1 atom stereocenters. The highest BCUT2D eigenvalue weighted by molar-refractivity contribution is 7.89. The van der Waals surface area contributed by atoms with Gasteiger partial charge in [-0.25, -0.2) is 17.8 Å². The number of nitro groups is 1. The second-order valence-corrected chi connectivity index (χ2v) is 9.90. The van der Waals surface area contributed by atoms with Crippen LogP contribution in [0.25, 0.3) is 28.1 Å². The molecule has 10 nitrogen and oxygen atoms in total. The molecular weight excluding hydrogens is 532 g/mol. The van der Waals surface area contributed by atoms with Crippen molar-refractivity contribution in [3.05, 3.63) is 75.9 Å². The third-order valence-electron chi connectivity index (χ3n) is 5.64. The second kappa shape index (κ2) is 9.47. The molecule has 1 unspecified atom stereocenters. The number of halogens is 4. The molecule has 0 aliphatic rings. The van der Waals surface area contributed by atoms with E-state index in [1.54, 1.807) is 0 Å². The topological polar surface area (TPSA) is 144 Å². The highest BCUT2D eigenvalue weighted by Gasteiger charge is 2.39. The fourth-order valence-corrected chi connectivity index (χ4v) is 4.84. The summed E-state index contributed by atoms with van der Waals surface area (Å²) in [4.78, 5) is 18.0. The Labute approximate surface area is 212 Å². The molecule has 0 aliphatic carbocycles. The van der Waals surface area contributed by atoms with E-state index in [-0.39, 0.29) is 39.4 Å². The Morgan fingerprint density at radius 1 is 1.16 bits per heavy atom. The average Bonchev–Trinajstić information content (AvgIpc) is 3.16. The summed E-state index contributed by atoms with van der Waals surface area (Å²) in [5.41, 5.74) is 0.270. The Morgan fingerprint density at radius 2 is 1.87 bits per heavy atom. The van der Waals surface area contributed by atoms with Gasteiger partial charge in [-0.1, -0.05) is 0 Å². The number of nitriles is 1. The molecule has 196 valence electrons. The van der Waals surface area contributed by atoms with Gasteiger partial charge in [0.1, 0.15) is 34.8 Å². The van der Waals surface area contributed by atoms with E-state index in [0.29, 0.717) is 12.4 Å². The maximum Gasteiger partial charge on any atom is 0.404 e. The van der Waals surface area contributed by atoms with Gasteiger partial charge >= 0.3 is 6.18 Å². The number of nitrogens with zero attached hydrogens (tertiary/aromatic N) is 5. The van der Waals surface area contributed by atoms with Crippen LogP contribution >= 0.6 is 0 Å². The van der Waals surface area contributed by atoms with Crippen LogP contribution in [-0.2, 0) is 10.0 Å². The number of sulfonamides is 1. The number of alkyl halides is 3. The van der Waals surface area contributed by atoms with Crippen LogP contribution < -0.4 is 4.72 Å². The smallest absolute Gasteiger partial charge is 0.291 e. The Bertz CT molecular complexity index is 1710. The van der Waals surface area contributed by atoms with E-state index in [4.69, 9.17) is 0 Å². The lowest BCUT2D eigenvalue weighted by Crippen LogP contribution is -2.42. The van der Waals surface area contributed by atoms with Gasteiger partial charge in [0.15, 0.2) is 0 Å². The van der Waals surface area contributed by atoms with Gasteiger partial charge in [0.05, 0.1) is 27.4 Å². The molecular formula is C23H16F4N6O4S. The summed E-state index contributed by atoms with van der Waals surface area (Å²) in [6, 6.07) is 6.86. The van der Waals surface area contributed by atoms with Crippen molar-refractivity contribution in [1.29, 1.82) is 5.26 Å². The molecule has 38 heavy (non-hydrogen) atoms. The van der Waals surface area contributed by atoms with E-state index < -0.39 is 37.9 Å². The lowest BCUT2D eigenvalue weighted by Gasteiger charge is -2.17. The number of hydrogen-bond acceptors (Lipinski definition) is 7. The maximum atomic E-state index is 14.4. The number of hydrogen-bond donors (Lipinski definition) is 1. The predicted molar refractivity (Wildman–Crippen MR) is 126 cm³/mol. The largest absolute Gasteiger partial charge is 0.404 e. The van der Waals surface area contributed by atoms with Crippen LogP contribution in [0.15, 0.2) is 53.7 Å². The zero-order valence-corrected chi connectivity index (χ0v) is 20.3. The Morgan fingerprint density at radius 3 is 2.39 bits per heavy atom. The maximum absolute atomic E-state index is 14.4. The lowest BCUT2D eigenvalue weighted by atomic mass is 10.1. The first kappa shape index (κ1) is 26.6. The molecule has 15 heteroatoms. The molecule has 0 saturated carbocycles. The monoisotopic (exact) mass is 548 g/mol. The fraction of sp³-hybridized carbons (Fsp3) is 0.174. The number of aryl methyl sites for hydroxylation is 1. The summed E-state index contributed by atoms with van der Waals surface area (Å²) in [6.45, 7) is 2.14. The predicted octanol–water partition coefficient (Wildman–Crippen LogP) is 4.54. The second-order valence-electron chi connectivity index (χ2n) is 8.18. The fourth-order valence-electron chi connectivity index (χ4n) is 3.67. The highest BCUT2D eigenvalue weighted by Crippen LogP contribution is 2.36. The quantitative estimate of drug-likeness (QED) is 0.212. The Hall–Kier alpha value is -4.42. The van der Waals surface area contributed by atoms with Crippen molar-refractivity contribution < 1.29 is 30.9 Å². The SMILES string of the molecule is Cc1cc2c(cc1F)c(C#N)c(-c1ccc(S(=O)(=O)NC(C)C(F)(F)F)cn1)n2-c1ccc([N+](=O)[O-])cn1. The Balaban J connectivity index is 1.91. The number of aromatic nitrogens is 3. The normalized spacial score (nSPS) is 12.9. The van der Waals surface area contributed by atoms with Crippen LogP contribution in [0.3, 0.4) is 0 Å². The van der Waals surface area contributed by atoms with Crippen molar-refractivity contribution in [2.24, 2.45) is 0 Å². The van der Waals surface area contributed by atoms with Gasteiger partial charge in [0.2, 0.25) is 10.0 Å². The van der Waals surface area contributed by atoms with E-state index in [1.807, 2.05) is 6.07 Å². The minimum Gasteiger partial charge on any atom is -0.291 e. The number of pyridine rings is 2. The van der Waals surface area contributed by atoms with Crippen LogP contribution in [0.5, 0.6) is 0 Å². The molecule has 0 radical (unpaired) electrons. The first-order valence-electron chi connectivity index (χ1n) is 10.7. The molecule has 0 bridgehead atoms. The molecule has 3 aromatic heterocycles. The molecule has 0 fully saturated rings. The summed E-state index contributed by atoms with van der Waals surface area (Å²) >= 11 is 0. The summed E-state index contributed by atoms with van der Waals surface area (Å²) in [7, 11) is -4.60. The first-order valence-corrected chi connectivity index (χ1v) is 12.1. The molecule has 0 amide bonds. The van der Waals surface area contributed by atoms with Gasteiger partial charge in [-0.3, -0.25) is 19.7 Å². The van der Waals surface area contributed by atoms with Gasteiger partial charge in [-0.15, -0.1) is 0 Å². The van der Waals surface area contributed by atoms with Gasteiger partial charge < -0.3 is 0 Å². The van der Waals surface area contributed by atoms with E-state index in [1.165, 1.54) is 40.5 Å². The highest BCUT2D eigenvalue weighted by atomic mass is 32.2. The number of rotatable bonds is 6. The van der Waals surface area contributed by atoms with Gasteiger partial charge in [0, 0.05) is 17.6 Å². The summed E-state index contributed by atoms with van der Waals surface area (Å²) in [5, 5.41) is 21.2. The minimum absolute atomic E-state index is 0.0128. The van der Waals surface area contributed by atoms with Crippen LogP contribution in [-0.4, -0.2) is 40.1 Å². The Kier molecular flexibility index (Phi) is 6.64. The van der Waals surface area contributed by atoms with Crippen molar-refractivity contribution in [2.45, 2.75) is 31.0 Å². The molecule has 0 spiro atoms. The van der Waals surface area contributed by atoms with Crippen LogP contribution in [0.4, 0.5) is 23.2 Å². The first-order chi connectivity index (χ1) is 17.7. The molecule has 1 aromatic carbocycles. The van der Waals surface area contributed by atoms with Crippen molar-refractivity contribution >= 4 is 26.6 Å². The molecule has 1 N–H and O–H groups in total. The van der Waals surface area contributed by atoms with Crippen LogP contribution in [0.1, 0.15) is 18.1 Å². The van der Waals surface area contributed by atoms with Gasteiger partial charge in [0.25, 0.3) is 5.69 Å². The zero-order chi connectivity index (χ0) is 28.0. The third-order valence-corrected chi connectivity index (χ3v) is 7.17. The molecule has 4 aromatic rings. The van der Waals surface area contributed by atoms with Crippen molar-refractivity contribution in [1.82, 2.24) is 19.3 Å². The molecule has 3 heterocycles. The lowest BCUT2D eigenvalue weighted by molar-refractivity contribution is -0.385. The number of fused-ring (bicyclic) bond motifs is 1. The van der Waals surface area contributed by atoms with E-state index >= 15 is 0 Å². The summed E-state index contributed by atoms with van der Waals surface area (Å²) in [5.74, 6) is -0.490. The van der Waals surface area contributed by atoms with E-state index in [9.17, 15) is 41.4 Å². The average molecular weight is 548 g/mol. The van der Waals surface area contributed by atoms with Crippen molar-refractivity contribution in [3.63, 3.8) is 0 Å². The third kappa shape index (κ3) is 4.78. The van der Waals surface area contributed by atoms with E-state index in [2.05, 4.69) is 9.97 Å².